The van der Waals surface area contributed by atoms with E-state index in [1.54, 1.807) is 7.11 Å². The van der Waals surface area contributed by atoms with Crippen LogP contribution in [0.5, 0.6) is 5.75 Å². The third-order valence-electron chi connectivity index (χ3n) is 3.56. The number of benzene rings is 1. The summed E-state index contributed by atoms with van der Waals surface area (Å²) < 4.78 is 5.27. The molecule has 1 N–H and O–H groups in total. The molecule has 1 heterocycles. The molecule has 96 valence electrons. The topological polar surface area (TPSA) is 25.0 Å². The molecule has 0 aliphatic carbocycles. The van der Waals surface area contributed by atoms with E-state index in [1.165, 1.54) is 33.6 Å². The fourth-order valence-electron chi connectivity index (χ4n) is 2.68. The highest BCUT2D eigenvalue weighted by Crippen LogP contribution is 2.34. The van der Waals surface area contributed by atoms with E-state index < -0.39 is 0 Å². The highest BCUT2D eigenvalue weighted by atomic mass is 16.5. The molecule has 0 amide bonds. The molecule has 1 aromatic carbocycles. The van der Waals surface area contributed by atoms with Crippen LogP contribution in [-0.4, -0.2) is 12.1 Å². The minimum Gasteiger partial charge on any atom is -0.497 e. The maximum Gasteiger partial charge on any atom is 0.119 e. The summed E-state index contributed by atoms with van der Waals surface area (Å²) in [5, 5.41) is 0. The standard InChI is InChI=1S/C16H21NO/c1-6-14-11(3)17-12(4)16(14)15-8-7-13(18-5)9-10(15)2/h7-9,17H,6H2,1-5H3. The summed E-state index contributed by atoms with van der Waals surface area (Å²) in [5.41, 5.74) is 7.86. The maximum absolute atomic E-state index is 5.27. The van der Waals surface area contributed by atoms with E-state index in [4.69, 9.17) is 4.74 Å². The summed E-state index contributed by atoms with van der Waals surface area (Å²) in [6.45, 7) is 8.64. The zero-order valence-electron chi connectivity index (χ0n) is 11.8. The monoisotopic (exact) mass is 243 g/mol. The van der Waals surface area contributed by atoms with Crippen molar-refractivity contribution >= 4 is 0 Å². The van der Waals surface area contributed by atoms with Crippen LogP contribution < -0.4 is 4.74 Å². The zero-order valence-corrected chi connectivity index (χ0v) is 11.8. The molecule has 2 heteroatoms. The predicted octanol–water partition coefficient (Wildman–Crippen LogP) is 4.18. The summed E-state index contributed by atoms with van der Waals surface area (Å²) in [6.07, 6.45) is 1.05. The van der Waals surface area contributed by atoms with Crippen LogP contribution in [0.1, 0.15) is 29.4 Å². The molecular formula is C16H21NO. The van der Waals surface area contributed by atoms with Gasteiger partial charge in [0.2, 0.25) is 0 Å². The van der Waals surface area contributed by atoms with Crippen LogP contribution in [-0.2, 0) is 6.42 Å². The van der Waals surface area contributed by atoms with Crippen molar-refractivity contribution in [3.05, 3.63) is 40.7 Å². The normalized spacial score (nSPS) is 10.7. The van der Waals surface area contributed by atoms with Gasteiger partial charge in [-0.15, -0.1) is 0 Å². The minimum atomic E-state index is 0.916. The van der Waals surface area contributed by atoms with Gasteiger partial charge in [-0.3, -0.25) is 0 Å². The van der Waals surface area contributed by atoms with Crippen molar-refractivity contribution < 1.29 is 4.74 Å². The van der Waals surface area contributed by atoms with Crippen LogP contribution >= 0.6 is 0 Å². The number of hydrogen-bond acceptors (Lipinski definition) is 1. The van der Waals surface area contributed by atoms with Gasteiger partial charge in [0.1, 0.15) is 5.75 Å². The highest BCUT2D eigenvalue weighted by Gasteiger charge is 2.14. The number of aromatic amines is 1. The Bertz CT molecular complexity index is 567. The minimum absolute atomic E-state index is 0.916. The Labute approximate surface area is 109 Å². The number of methoxy groups -OCH3 is 1. The van der Waals surface area contributed by atoms with Crippen molar-refractivity contribution in [3.8, 4) is 16.9 Å². The average Bonchev–Trinajstić information content (AvgIpc) is 2.63. The van der Waals surface area contributed by atoms with Crippen molar-refractivity contribution in [2.45, 2.75) is 34.1 Å². The van der Waals surface area contributed by atoms with Crippen molar-refractivity contribution in [1.29, 1.82) is 0 Å². The Morgan fingerprint density at radius 2 is 1.83 bits per heavy atom. The number of nitrogens with one attached hydrogen (secondary N) is 1. The first kappa shape index (κ1) is 12.7. The second-order valence-electron chi connectivity index (χ2n) is 4.76. The summed E-state index contributed by atoms with van der Waals surface area (Å²) in [5.74, 6) is 0.916. The number of aryl methyl sites for hydroxylation is 3. The molecule has 0 fully saturated rings. The summed E-state index contributed by atoms with van der Waals surface area (Å²) >= 11 is 0. The predicted molar refractivity (Wildman–Crippen MR) is 76.4 cm³/mol. The number of aromatic nitrogens is 1. The van der Waals surface area contributed by atoms with Gasteiger partial charge in [0.15, 0.2) is 0 Å². The van der Waals surface area contributed by atoms with Crippen LogP contribution in [0, 0.1) is 20.8 Å². The lowest BCUT2D eigenvalue weighted by molar-refractivity contribution is 0.414. The lowest BCUT2D eigenvalue weighted by Gasteiger charge is -2.10. The number of ether oxygens (including phenoxy) is 1. The zero-order chi connectivity index (χ0) is 13.3. The molecule has 0 unspecified atom stereocenters. The van der Waals surface area contributed by atoms with E-state index in [1.807, 2.05) is 6.07 Å². The highest BCUT2D eigenvalue weighted by molar-refractivity contribution is 5.74. The third-order valence-corrected chi connectivity index (χ3v) is 3.56. The summed E-state index contributed by atoms with van der Waals surface area (Å²) in [7, 11) is 1.71. The van der Waals surface area contributed by atoms with E-state index in [2.05, 4.69) is 44.8 Å². The lowest BCUT2D eigenvalue weighted by Crippen LogP contribution is -1.91. The van der Waals surface area contributed by atoms with E-state index in [9.17, 15) is 0 Å². The molecule has 0 spiro atoms. The summed E-state index contributed by atoms with van der Waals surface area (Å²) in [6, 6.07) is 6.28. The molecular weight excluding hydrogens is 222 g/mol. The average molecular weight is 243 g/mol. The van der Waals surface area contributed by atoms with Gasteiger partial charge in [-0.05, 0) is 56.0 Å². The van der Waals surface area contributed by atoms with Crippen molar-refractivity contribution in [3.63, 3.8) is 0 Å². The molecule has 0 saturated heterocycles. The van der Waals surface area contributed by atoms with Crippen LogP contribution in [0.25, 0.3) is 11.1 Å². The third kappa shape index (κ3) is 2.03. The number of hydrogen-bond donors (Lipinski definition) is 1. The van der Waals surface area contributed by atoms with E-state index in [-0.39, 0.29) is 0 Å². The molecule has 0 saturated carbocycles. The SMILES string of the molecule is CCc1c(C)[nH]c(C)c1-c1ccc(OC)cc1C. The van der Waals surface area contributed by atoms with Crippen LogP contribution in [0.4, 0.5) is 0 Å². The molecule has 18 heavy (non-hydrogen) atoms. The Morgan fingerprint density at radius 3 is 2.39 bits per heavy atom. The van der Waals surface area contributed by atoms with Gasteiger partial charge in [0.05, 0.1) is 7.11 Å². The van der Waals surface area contributed by atoms with Crippen molar-refractivity contribution in [2.24, 2.45) is 0 Å². The van der Waals surface area contributed by atoms with E-state index in [0.717, 1.165) is 12.2 Å². The van der Waals surface area contributed by atoms with Crippen molar-refractivity contribution in [1.82, 2.24) is 4.98 Å². The Balaban J connectivity index is 2.62. The molecule has 1 aromatic heterocycles. The van der Waals surface area contributed by atoms with E-state index in [0.29, 0.717) is 0 Å². The fourth-order valence-corrected chi connectivity index (χ4v) is 2.68. The van der Waals surface area contributed by atoms with Gasteiger partial charge < -0.3 is 9.72 Å². The van der Waals surface area contributed by atoms with Gasteiger partial charge in [-0.1, -0.05) is 13.0 Å². The van der Waals surface area contributed by atoms with Gasteiger partial charge in [-0.25, -0.2) is 0 Å². The molecule has 2 aromatic rings. The quantitative estimate of drug-likeness (QED) is 0.859. The number of H-pyrrole nitrogens is 1. The van der Waals surface area contributed by atoms with Gasteiger partial charge in [0, 0.05) is 17.0 Å². The van der Waals surface area contributed by atoms with Gasteiger partial charge >= 0.3 is 0 Å². The van der Waals surface area contributed by atoms with Crippen molar-refractivity contribution in [2.75, 3.05) is 7.11 Å². The maximum atomic E-state index is 5.27. The first-order chi connectivity index (χ1) is 8.58. The molecule has 0 atom stereocenters. The first-order valence-electron chi connectivity index (χ1n) is 6.41. The molecule has 2 rings (SSSR count). The molecule has 0 radical (unpaired) electrons. The fraction of sp³-hybridized carbons (Fsp3) is 0.375. The Hall–Kier alpha value is -1.70. The lowest BCUT2D eigenvalue weighted by atomic mass is 9.95. The van der Waals surface area contributed by atoms with Crippen LogP contribution in [0.15, 0.2) is 18.2 Å². The second-order valence-corrected chi connectivity index (χ2v) is 4.76. The van der Waals surface area contributed by atoms with Gasteiger partial charge in [0.25, 0.3) is 0 Å². The molecule has 0 aliphatic rings. The molecule has 0 aliphatic heterocycles. The largest absolute Gasteiger partial charge is 0.497 e. The molecule has 2 nitrogen and oxygen atoms in total. The summed E-state index contributed by atoms with van der Waals surface area (Å²) in [4.78, 5) is 3.45. The Morgan fingerprint density at radius 1 is 1.11 bits per heavy atom. The number of rotatable bonds is 3. The van der Waals surface area contributed by atoms with Crippen LogP contribution in [0.2, 0.25) is 0 Å². The van der Waals surface area contributed by atoms with E-state index >= 15 is 0 Å². The first-order valence-corrected chi connectivity index (χ1v) is 6.41. The van der Waals surface area contributed by atoms with Crippen LogP contribution in [0.3, 0.4) is 0 Å². The molecule has 0 bridgehead atoms. The van der Waals surface area contributed by atoms with Gasteiger partial charge in [-0.2, -0.15) is 0 Å². The Kier molecular flexibility index (Phi) is 3.46. The smallest absolute Gasteiger partial charge is 0.119 e. The second kappa shape index (κ2) is 4.89.